The summed E-state index contributed by atoms with van der Waals surface area (Å²) in [5.41, 5.74) is 4.73. The van der Waals surface area contributed by atoms with Crippen molar-refractivity contribution in [2.45, 2.75) is 53.4 Å². The maximum absolute atomic E-state index is 12.2. The molecule has 0 saturated carbocycles. The number of aryl methyl sites for hydroxylation is 4. The topological polar surface area (TPSA) is 74.6 Å². The molecule has 2 aromatic carbocycles. The summed E-state index contributed by atoms with van der Waals surface area (Å²) in [5, 5.41) is 19.6. The summed E-state index contributed by atoms with van der Waals surface area (Å²) in [6.07, 6.45) is 0.973. The molecule has 0 unspecified atom stereocenters. The minimum absolute atomic E-state index is 0.0147. The van der Waals surface area contributed by atoms with Crippen LogP contribution >= 0.6 is 0 Å². The van der Waals surface area contributed by atoms with E-state index in [1.54, 1.807) is 0 Å². The Hall–Kier alpha value is -2.62. The van der Waals surface area contributed by atoms with Gasteiger partial charge in [-0.3, -0.25) is 9.59 Å². The molecule has 0 aliphatic carbocycles. The molecule has 0 fully saturated rings. The highest BCUT2D eigenvalue weighted by molar-refractivity contribution is 5.88. The van der Waals surface area contributed by atoms with Crippen molar-refractivity contribution >= 4 is 11.6 Å². The molecule has 4 nitrogen and oxygen atoms in total. The van der Waals surface area contributed by atoms with Crippen molar-refractivity contribution in [2.75, 3.05) is 0 Å². The van der Waals surface area contributed by atoms with E-state index in [2.05, 4.69) is 0 Å². The van der Waals surface area contributed by atoms with E-state index < -0.39 is 0 Å². The second kappa shape index (κ2) is 8.17. The second-order valence-electron chi connectivity index (χ2n) is 7.09. The smallest absolute Gasteiger partial charge is 0.137 e. The monoisotopic (exact) mass is 354 g/mol. The lowest BCUT2D eigenvalue weighted by Gasteiger charge is -2.08. The number of carbonyl (C=O) groups excluding carboxylic acids is 2. The first kappa shape index (κ1) is 19.7. The van der Waals surface area contributed by atoms with Crippen LogP contribution in [-0.4, -0.2) is 21.8 Å². The molecule has 0 aliphatic heterocycles. The molecule has 2 N–H and O–H groups in total. The summed E-state index contributed by atoms with van der Waals surface area (Å²) in [4.78, 5) is 24.4. The summed E-state index contributed by atoms with van der Waals surface area (Å²) < 4.78 is 0. The first-order valence-corrected chi connectivity index (χ1v) is 8.79. The molecule has 0 spiro atoms. The highest BCUT2D eigenvalue weighted by atomic mass is 16.3. The number of hydrogen-bond acceptors (Lipinski definition) is 4. The van der Waals surface area contributed by atoms with Gasteiger partial charge in [0.2, 0.25) is 0 Å². The van der Waals surface area contributed by atoms with E-state index in [0.29, 0.717) is 0 Å². The van der Waals surface area contributed by atoms with E-state index in [1.165, 1.54) is 0 Å². The molecular weight excluding hydrogens is 328 g/mol. The first-order chi connectivity index (χ1) is 12.2. The number of hydrogen-bond donors (Lipinski definition) is 2. The average molecular weight is 354 g/mol. The fourth-order valence-electron chi connectivity index (χ4n) is 3.21. The average Bonchev–Trinajstić information content (AvgIpc) is 2.55. The van der Waals surface area contributed by atoms with Crippen LogP contribution in [0.2, 0.25) is 0 Å². The number of phenolic OH excluding ortho intramolecular Hbond substituents is 2. The fraction of sp³-hybridized carbons (Fsp3) is 0.364. The Balaban J connectivity index is 1.90. The van der Waals surface area contributed by atoms with Crippen molar-refractivity contribution in [1.29, 1.82) is 0 Å². The molecule has 0 bridgehead atoms. The molecule has 2 aromatic rings. The molecule has 0 saturated heterocycles. The van der Waals surface area contributed by atoms with Gasteiger partial charge in [-0.2, -0.15) is 0 Å². The molecular formula is C22H26O4. The molecule has 0 atom stereocenters. The van der Waals surface area contributed by atoms with Crippen LogP contribution in [0.3, 0.4) is 0 Å². The van der Waals surface area contributed by atoms with Crippen LogP contribution in [0.5, 0.6) is 11.5 Å². The van der Waals surface area contributed by atoms with Gasteiger partial charge in [0.15, 0.2) is 0 Å². The van der Waals surface area contributed by atoms with Crippen LogP contribution < -0.4 is 0 Å². The van der Waals surface area contributed by atoms with E-state index in [0.717, 1.165) is 33.4 Å². The van der Waals surface area contributed by atoms with Crippen LogP contribution in [0.1, 0.15) is 46.2 Å². The maximum Gasteiger partial charge on any atom is 0.137 e. The molecule has 4 heteroatoms. The van der Waals surface area contributed by atoms with Gasteiger partial charge in [-0.25, -0.2) is 0 Å². The van der Waals surface area contributed by atoms with Crippen molar-refractivity contribution in [3.8, 4) is 11.5 Å². The Morgan fingerprint density at radius 1 is 0.654 bits per heavy atom. The normalized spacial score (nSPS) is 10.8. The van der Waals surface area contributed by atoms with Crippen molar-refractivity contribution in [1.82, 2.24) is 0 Å². The fourth-order valence-corrected chi connectivity index (χ4v) is 3.21. The van der Waals surface area contributed by atoms with Gasteiger partial charge in [0.1, 0.15) is 23.1 Å². The zero-order valence-corrected chi connectivity index (χ0v) is 15.8. The number of rotatable bonds is 7. The lowest BCUT2D eigenvalue weighted by atomic mass is 9.97. The molecule has 0 aromatic heterocycles. The molecule has 0 heterocycles. The van der Waals surface area contributed by atoms with E-state index in [4.69, 9.17) is 0 Å². The van der Waals surface area contributed by atoms with Gasteiger partial charge in [-0.15, -0.1) is 0 Å². The van der Waals surface area contributed by atoms with Gasteiger partial charge in [0, 0.05) is 25.7 Å². The van der Waals surface area contributed by atoms with Gasteiger partial charge < -0.3 is 10.2 Å². The third-order valence-corrected chi connectivity index (χ3v) is 4.59. The number of Topliss-reactive ketones (excluding diaryl/α,β-unsaturated/α-hetero) is 2. The first-order valence-electron chi connectivity index (χ1n) is 8.79. The van der Waals surface area contributed by atoms with Gasteiger partial charge in [0.05, 0.1) is 0 Å². The number of ketones is 2. The zero-order chi connectivity index (χ0) is 19.4. The highest BCUT2D eigenvalue weighted by Crippen LogP contribution is 2.24. The zero-order valence-electron chi connectivity index (χ0n) is 15.8. The maximum atomic E-state index is 12.2. The van der Waals surface area contributed by atoms with Gasteiger partial charge >= 0.3 is 0 Å². The number of carbonyl (C=O) groups is 2. The van der Waals surface area contributed by atoms with E-state index >= 15 is 0 Å². The van der Waals surface area contributed by atoms with Crippen LogP contribution in [-0.2, 0) is 22.4 Å². The van der Waals surface area contributed by atoms with Crippen LogP contribution in [0.25, 0.3) is 0 Å². The van der Waals surface area contributed by atoms with E-state index in [-0.39, 0.29) is 48.7 Å². The predicted molar refractivity (Wildman–Crippen MR) is 102 cm³/mol. The molecule has 0 amide bonds. The Morgan fingerprint density at radius 2 is 0.923 bits per heavy atom. The Labute approximate surface area is 154 Å². The summed E-state index contributed by atoms with van der Waals surface area (Å²) in [6, 6.07) is 7.24. The summed E-state index contributed by atoms with van der Waals surface area (Å²) in [5.74, 6) is 0.550. The summed E-state index contributed by atoms with van der Waals surface area (Å²) >= 11 is 0. The second-order valence-corrected chi connectivity index (χ2v) is 7.09. The minimum Gasteiger partial charge on any atom is -0.507 e. The lowest BCUT2D eigenvalue weighted by molar-refractivity contribution is -0.123. The SMILES string of the molecule is Cc1cc(CC(=O)CCC(=O)Cc2cc(C)c(O)c(C)c2)cc(C)c1O. The number of benzene rings is 2. The Kier molecular flexibility index (Phi) is 6.19. The molecule has 0 aliphatic rings. The summed E-state index contributed by atoms with van der Waals surface area (Å²) in [6.45, 7) is 7.23. The molecule has 0 radical (unpaired) electrons. The summed E-state index contributed by atoms with van der Waals surface area (Å²) in [7, 11) is 0. The largest absolute Gasteiger partial charge is 0.507 e. The molecule has 2 rings (SSSR count). The third-order valence-electron chi connectivity index (χ3n) is 4.59. The van der Waals surface area contributed by atoms with E-state index in [1.807, 2.05) is 52.0 Å². The molecule has 138 valence electrons. The van der Waals surface area contributed by atoms with Gasteiger partial charge in [-0.1, -0.05) is 24.3 Å². The minimum atomic E-state index is 0.0147. The number of phenols is 2. The van der Waals surface area contributed by atoms with Crippen LogP contribution in [0.4, 0.5) is 0 Å². The van der Waals surface area contributed by atoms with Crippen molar-refractivity contribution < 1.29 is 19.8 Å². The highest BCUT2D eigenvalue weighted by Gasteiger charge is 2.12. The van der Waals surface area contributed by atoms with Gasteiger partial charge in [-0.05, 0) is 61.1 Å². The third kappa shape index (κ3) is 4.94. The molecule has 26 heavy (non-hydrogen) atoms. The Bertz CT molecular complexity index is 732. The van der Waals surface area contributed by atoms with Crippen LogP contribution in [0, 0.1) is 27.7 Å². The van der Waals surface area contributed by atoms with Crippen molar-refractivity contribution in [3.05, 3.63) is 57.6 Å². The van der Waals surface area contributed by atoms with Crippen molar-refractivity contribution in [2.24, 2.45) is 0 Å². The standard InChI is InChI=1S/C22H26O4/c1-13-7-17(8-14(2)21(13)25)11-19(23)5-6-20(24)12-18-9-15(3)22(26)16(4)10-18/h7-10,25-26H,5-6,11-12H2,1-4H3. The Morgan fingerprint density at radius 3 is 1.19 bits per heavy atom. The number of aromatic hydroxyl groups is 2. The van der Waals surface area contributed by atoms with Crippen molar-refractivity contribution in [3.63, 3.8) is 0 Å². The predicted octanol–water partition coefficient (Wildman–Crippen LogP) is 4.04. The van der Waals surface area contributed by atoms with Crippen LogP contribution in [0.15, 0.2) is 24.3 Å². The lowest BCUT2D eigenvalue weighted by Crippen LogP contribution is -2.09. The van der Waals surface area contributed by atoms with Gasteiger partial charge in [0.25, 0.3) is 0 Å². The van der Waals surface area contributed by atoms with E-state index in [9.17, 15) is 19.8 Å². The quantitative estimate of drug-likeness (QED) is 0.787.